The molecule has 4 aromatic rings. The summed E-state index contributed by atoms with van der Waals surface area (Å²) in [5.74, 6) is 1.24. The largest absolute Gasteiger partial charge is 0.294 e. The molecule has 0 amide bonds. The summed E-state index contributed by atoms with van der Waals surface area (Å²) in [5, 5.41) is 4.90. The molecule has 3 aromatic heterocycles. The molecule has 0 atom stereocenters. The normalized spacial score (nSPS) is 10.9. The predicted octanol–water partition coefficient (Wildman–Crippen LogP) is 3.76. The van der Waals surface area contributed by atoms with Gasteiger partial charge in [-0.2, -0.15) is 0 Å². The number of aromatic amines is 1. The fraction of sp³-hybridized carbons (Fsp3) is 0.150. The van der Waals surface area contributed by atoms with Gasteiger partial charge in [0.2, 0.25) is 11.9 Å². The summed E-state index contributed by atoms with van der Waals surface area (Å²) in [4.78, 5) is 32.5. The number of anilines is 2. The lowest BCUT2D eigenvalue weighted by atomic mass is 10.1. The summed E-state index contributed by atoms with van der Waals surface area (Å²) in [6.07, 6.45) is 1.74. The highest BCUT2D eigenvalue weighted by Crippen LogP contribution is 2.21. The van der Waals surface area contributed by atoms with E-state index in [0.717, 1.165) is 27.2 Å². The number of H-pyrrole nitrogens is 1. The zero-order valence-electron chi connectivity index (χ0n) is 15.4. The Hall–Kier alpha value is -3.26. The first-order chi connectivity index (χ1) is 13.6. The lowest BCUT2D eigenvalue weighted by molar-refractivity contribution is 1.03. The van der Waals surface area contributed by atoms with Crippen LogP contribution in [0.3, 0.4) is 0 Å². The Balaban J connectivity index is 1.58. The number of nitrogens with one attached hydrogen (secondary N) is 2. The van der Waals surface area contributed by atoms with Gasteiger partial charge in [0.1, 0.15) is 0 Å². The second-order valence-corrected chi connectivity index (χ2v) is 7.32. The summed E-state index contributed by atoms with van der Waals surface area (Å²) in [5.41, 5.74) is 3.27. The van der Waals surface area contributed by atoms with Crippen LogP contribution in [0.15, 0.2) is 58.5 Å². The number of fused-ring (bicyclic) bond motifs is 1. The number of benzene rings is 1. The number of hydrogen-bond donors (Lipinski definition) is 2. The fourth-order valence-electron chi connectivity index (χ4n) is 2.78. The molecule has 0 saturated carbocycles. The van der Waals surface area contributed by atoms with Crippen LogP contribution in [0.2, 0.25) is 0 Å². The van der Waals surface area contributed by atoms with Crippen molar-refractivity contribution in [2.45, 2.75) is 24.6 Å². The number of nitrogens with zero attached hydrogens (tertiary/aromatic N) is 4. The van der Waals surface area contributed by atoms with E-state index in [1.54, 1.807) is 6.20 Å². The number of hydrogen-bond acceptors (Lipinski definition) is 7. The molecular weight excluding hydrogens is 372 g/mol. The van der Waals surface area contributed by atoms with Crippen molar-refractivity contribution in [3.63, 3.8) is 0 Å². The lowest BCUT2D eigenvalue weighted by Crippen LogP contribution is -2.13. The van der Waals surface area contributed by atoms with Gasteiger partial charge in [-0.25, -0.2) is 19.9 Å². The maximum Gasteiger partial charge on any atom is 0.252 e. The summed E-state index contributed by atoms with van der Waals surface area (Å²) in [6, 6.07) is 13.2. The highest BCUT2D eigenvalue weighted by atomic mass is 32.2. The van der Waals surface area contributed by atoms with Crippen LogP contribution in [-0.4, -0.2) is 24.9 Å². The number of thioether (sulfide) groups is 1. The second kappa shape index (κ2) is 7.77. The van der Waals surface area contributed by atoms with Crippen molar-refractivity contribution < 1.29 is 0 Å². The maximum atomic E-state index is 12.0. The van der Waals surface area contributed by atoms with E-state index >= 15 is 0 Å². The van der Waals surface area contributed by atoms with E-state index in [1.807, 2.05) is 44.2 Å². The van der Waals surface area contributed by atoms with Crippen LogP contribution in [0.25, 0.3) is 10.9 Å². The van der Waals surface area contributed by atoms with Gasteiger partial charge in [0.15, 0.2) is 0 Å². The van der Waals surface area contributed by atoms with Crippen molar-refractivity contribution in [2.75, 3.05) is 5.32 Å². The van der Waals surface area contributed by atoms with Gasteiger partial charge in [-0.3, -0.25) is 15.1 Å². The van der Waals surface area contributed by atoms with Crippen LogP contribution in [0, 0.1) is 13.8 Å². The van der Waals surface area contributed by atoms with E-state index in [9.17, 15) is 4.79 Å². The van der Waals surface area contributed by atoms with Crippen molar-refractivity contribution in [3.8, 4) is 0 Å². The molecule has 4 rings (SSSR count). The van der Waals surface area contributed by atoms with Gasteiger partial charge in [0, 0.05) is 23.4 Å². The van der Waals surface area contributed by atoms with Crippen LogP contribution < -0.4 is 10.9 Å². The van der Waals surface area contributed by atoms with Gasteiger partial charge in [0.05, 0.1) is 21.9 Å². The average Bonchev–Trinajstić information content (AvgIpc) is 2.67. The van der Waals surface area contributed by atoms with Gasteiger partial charge in [-0.05, 0) is 38.1 Å². The lowest BCUT2D eigenvalue weighted by Gasteiger charge is -2.09. The van der Waals surface area contributed by atoms with E-state index < -0.39 is 0 Å². The summed E-state index contributed by atoms with van der Waals surface area (Å²) in [6.45, 7) is 3.97. The third kappa shape index (κ3) is 4.17. The van der Waals surface area contributed by atoms with Crippen molar-refractivity contribution in [2.24, 2.45) is 0 Å². The molecule has 0 aliphatic rings. The van der Waals surface area contributed by atoms with Crippen LogP contribution in [-0.2, 0) is 5.75 Å². The van der Waals surface area contributed by atoms with Gasteiger partial charge < -0.3 is 0 Å². The number of aryl methyl sites for hydroxylation is 2. The number of rotatable bonds is 5. The molecule has 1 aromatic carbocycles. The average molecular weight is 390 g/mol. The third-order valence-corrected chi connectivity index (χ3v) is 5.05. The van der Waals surface area contributed by atoms with Gasteiger partial charge in [-0.15, -0.1) is 11.8 Å². The molecular formula is C20H18N6OS. The molecule has 0 aliphatic carbocycles. The van der Waals surface area contributed by atoms with Crippen molar-refractivity contribution in [3.05, 3.63) is 76.0 Å². The molecule has 28 heavy (non-hydrogen) atoms. The molecule has 0 saturated heterocycles. The Morgan fingerprint density at radius 2 is 1.96 bits per heavy atom. The summed E-state index contributed by atoms with van der Waals surface area (Å²) in [7, 11) is 0. The minimum atomic E-state index is -0.234. The second-order valence-electron chi connectivity index (χ2n) is 6.32. The zero-order valence-corrected chi connectivity index (χ0v) is 16.2. The van der Waals surface area contributed by atoms with Crippen molar-refractivity contribution in [1.29, 1.82) is 0 Å². The van der Waals surface area contributed by atoms with E-state index in [2.05, 4.69) is 36.3 Å². The van der Waals surface area contributed by atoms with E-state index in [0.29, 0.717) is 23.3 Å². The molecule has 0 bridgehead atoms. The molecule has 7 nitrogen and oxygen atoms in total. The first kappa shape index (κ1) is 18.1. The summed E-state index contributed by atoms with van der Waals surface area (Å²) < 4.78 is 0. The fourth-order valence-corrected chi connectivity index (χ4v) is 3.53. The monoisotopic (exact) mass is 390 g/mol. The molecule has 0 spiro atoms. The highest BCUT2D eigenvalue weighted by Gasteiger charge is 2.08. The molecule has 0 radical (unpaired) electrons. The Morgan fingerprint density at radius 3 is 2.79 bits per heavy atom. The number of aromatic nitrogens is 5. The van der Waals surface area contributed by atoms with Crippen LogP contribution in [0.4, 0.5) is 11.9 Å². The predicted molar refractivity (Wildman–Crippen MR) is 111 cm³/mol. The van der Waals surface area contributed by atoms with Crippen molar-refractivity contribution >= 4 is 34.6 Å². The van der Waals surface area contributed by atoms with Crippen LogP contribution in [0.5, 0.6) is 0 Å². The standard InChI is InChI=1S/C20H18N6OS/c1-12-6-7-16-15(9-12)13(2)22-19(24-16)26-20-23-14(10-17(27)25-20)11-28-18-5-3-4-8-21-18/h3-10H,11H2,1-2H3,(H2,22,23,24,25,26,27). The molecule has 3 heterocycles. The first-order valence-corrected chi connectivity index (χ1v) is 9.71. The summed E-state index contributed by atoms with van der Waals surface area (Å²) >= 11 is 1.52. The van der Waals surface area contributed by atoms with Crippen LogP contribution in [0.1, 0.15) is 17.0 Å². The highest BCUT2D eigenvalue weighted by molar-refractivity contribution is 7.98. The topological polar surface area (TPSA) is 96.5 Å². The Bertz CT molecular complexity index is 1190. The van der Waals surface area contributed by atoms with Gasteiger partial charge in [-0.1, -0.05) is 17.7 Å². The maximum absolute atomic E-state index is 12.0. The molecule has 0 unspecified atom stereocenters. The third-order valence-electron chi connectivity index (χ3n) is 4.07. The van der Waals surface area contributed by atoms with Crippen LogP contribution >= 0.6 is 11.8 Å². The Morgan fingerprint density at radius 1 is 1.07 bits per heavy atom. The Labute approximate surface area is 165 Å². The first-order valence-electron chi connectivity index (χ1n) is 8.73. The van der Waals surface area contributed by atoms with Gasteiger partial charge in [0.25, 0.3) is 5.56 Å². The van der Waals surface area contributed by atoms with E-state index in [1.165, 1.54) is 17.8 Å². The minimum Gasteiger partial charge on any atom is -0.294 e. The minimum absolute atomic E-state index is 0.234. The van der Waals surface area contributed by atoms with Crippen molar-refractivity contribution in [1.82, 2.24) is 24.9 Å². The molecule has 140 valence electrons. The quantitative estimate of drug-likeness (QED) is 0.501. The smallest absolute Gasteiger partial charge is 0.252 e. The van der Waals surface area contributed by atoms with E-state index in [-0.39, 0.29) is 5.56 Å². The number of pyridine rings is 1. The molecule has 0 aliphatic heterocycles. The molecule has 0 fully saturated rings. The molecule has 2 N–H and O–H groups in total. The Kier molecular flexibility index (Phi) is 5.03. The molecule has 8 heteroatoms. The zero-order chi connectivity index (χ0) is 19.5. The van der Waals surface area contributed by atoms with E-state index in [4.69, 9.17) is 0 Å². The van der Waals surface area contributed by atoms with Gasteiger partial charge >= 0.3 is 0 Å². The SMILES string of the molecule is Cc1ccc2nc(Nc3nc(CSc4ccccn4)cc(=O)[nH]3)nc(C)c2c1.